The quantitative estimate of drug-likeness (QED) is 0.689. The molecule has 1 heterocycles. The van der Waals surface area contributed by atoms with Gasteiger partial charge in [-0.2, -0.15) is 0 Å². The molecule has 0 aromatic rings. The average molecular weight is 255 g/mol. The van der Waals surface area contributed by atoms with E-state index in [0.29, 0.717) is 5.92 Å². The Morgan fingerprint density at radius 1 is 1.06 bits per heavy atom. The highest BCUT2D eigenvalue weighted by Gasteiger charge is 2.08. The molecule has 0 radical (unpaired) electrons. The smallest absolute Gasteiger partial charge is 0.0642 e. The largest absolute Gasteiger partial charge is 0.378 e. The lowest BCUT2D eigenvalue weighted by molar-refractivity contribution is 0.0537. The van der Waals surface area contributed by atoms with E-state index in [1.807, 2.05) is 27.7 Å². The highest BCUT2D eigenvalue weighted by Crippen LogP contribution is 2.07. The summed E-state index contributed by atoms with van der Waals surface area (Å²) in [5.74, 6) is 0.628. The number of rotatable bonds is 3. The van der Waals surface area contributed by atoms with E-state index in [0.717, 1.165) is 26.3 Å². The fraction of sp³-hybridized carbons (Fsp3) is 0.750. The summed E-state index contributed by atoms with van der Waals surface area (Å²) in [5, 5.41) is 0. The summed E-state index contributed by atoms with van der Waals surface area (Å²) < 4.78 is 5.31. The molecule has 2 nitrogen and oxygen atoms in total. The SMILES string of the molecule is C/C(=C\C=C/C(C)C)N1CCOCC1.CC.CC. The molecule has 0 aromatic carbocycles. The van der Waals surface area contributed by atoms with Crippen molar-refractivity contribution in [1.29, 1.82) is 0 Å². The fourth-order valence-electron chi connectivity index (χ4n) is 1.44. The molecular formula is C16H33NO. The molecule has 0 spiro atoms. The zero-order valence-electron chi connectivity index (χ0n) is 13.5. The first-order valence-electron chi connectivity index (χ1n) is 7.38. The number of allylic oxidation sites excluding steroid dienone is 4. The van der Waals surface area contributed by atoms with Gasteiger partial charge in [-0.3, -0.25) is 0 Å². The number of ether oxygens (including phenoxy) is 1. The number of nitrogens with zero attached hydrogens (tertiary/aromatic N) is 1. The second-order valence-corrected chi connectivity index (χ2v) is 4.04. The van der Waals surface area contributed by atoms with Gasteiger partial charge in [0.05, 0.1) is 13.2 Å². The van der Waals surface area contributed by atoms with Crippen molar-refractivity contribution in [3.63, 3.8) is 0 Å². The molecule has 0 amide bonds. The summed E-state index contributed by atoms with van der Waals surface area (Å²) in [5.41, 5.74) is 1.34. The fourth-order valence-corrected chi connectivity index (χ4v) is 1.44. The van der Waals surface area contributed by atoms with Gasteiger partial charge in [0.2, 0.25) is 0 Å². The van der Waals surface area contributed by atoms with Crippen LogP contribution in [0.15, 0.2) is 23.9 Å². The lowest BCUT2D eigenvalue weighted by atomic mass is 10.2. The van der Waals surface area contributed by atoms with E-state index >= 15 is 0 Å². The van der Waals surface area contributed by atoms with Crippen molar-refractivity contribution in [2.24, 2.45) is 5.92 Å². The molecule has 1 rings (SSSR count). The summed E-state index contributed by atoms with van der Waals surface area (Å²) in [6.45, 7) is 18.3. The van der Waals surface area contributed by atoms with E-state index in [1.54, 1.807) is 0 Å². The minimum Gasteiger partial charge on any atom is -0.378 e. The van der Waals surface area contributed by atoms with Gasteiger partial charge in [0.25, 0.3) is 0 Å². The second-order valence-electron chi connectivity index (χ2n) is 4.04. The number of hydrogen-bond acceptors (Lipinski definition) is 2. The van der Waals surface area contributed by atoms with E-state index in [2.05, 4.69) is 43.9 Å². The minimum absolute atomic E-state index is 0.628. The lowest BCUT2D eigenvalue weighted by Gasteiger charge is -2.29. The van der Waals surface area contributed by atoms with E-state index in [4.69, 9.17) is 4.74 Å². The van der Waals surface area contributed by atoms with E-state index < -0.39 is 0 Å². The van der Waals surface area contributed by atoms with Gasteiger partial charge < -0.3 is 9.64 Å². The van der Waals surface area contributed by atoms with Crippen molar-refractivity contribution >= 4 is 0 Å². The normalized spacial score (nSPS) is 16.0. The third-order valence-corrected chi connectivity index (χ3v) is 2.34. The maximum atomic E-state index is 5.31. The van der Waals surface area contributed by atoms with Gasteiger partial charge >= 0.3 is 0 Å². The Hall–Kier alpha value is -0.760. The minimum atomic E-state index is 0.628. The molecule has 1 saturated heterocycles. The van der Waals surface area contributed by atoms with Crippen LogP contribution in [0.3, 0.4) is 0 Å². The Morgan fingerprint density at radius 3 is 2.00 bits per heavy atom. The summed E-state index contributed by atoms with van der Waals surface area (Å²) in [7, 11) is 0. The first kappa shape index (κ1) is 19.6. The highest BCUT2D eigenvalue weighted by molar-refractivity contribution is 5.10. The molecule has 18 heavy (non-hydrogen) atoms. The van der Waals surface area contributed by atoms with Crippen LogP contribution in [0.5, 0.6) is 0 Å². The molecule has 0 unspecified atom stereocenters. The van der Waals surface area contributed by atoms with Crippen LogP contribution in [0.1, 0.15) is 48.5 Å². The Labute approximate surface area is 115 Å². The van der Waals surface area contributed by atoms with Crippen LogP contribution in [-0.4, -0.2) is 31.2 Å². The Balaban J connectivity index is 0. The first-order valence-corrected chi connectivity index (χ1v) is 7.38. The summed E-state index contributed by atoms with van der Waals surface area (Å²) in [6, 6.07) is 0. The van der Waals surface area contributed by atoms with Crippen LogP contribution >= 0.6 is 0 Å². The lowest BCUT2D eigenvalue weighted by Crippen LogP contribution is -2.34. The predicted octanol–water partition coefficient (Wildman–Crippen LogP) is 4.49. The Kier molecular flexibility index (Phi) is 15.6. The van der Waals surface area contributed by atoms with Gasteiger partial charge in [0.1, 0.15) is 0 Å². The monoisotopic (exact) mass is 255 g/mol. The maximum Gasteiger partial charge on any atom is 0.0642 e. The molecule has 2 heteroatoms. The van der Waals surface area contributed by atoms with Crippen LogP contribution in [0.4, 0.5) is 0 Å². The van der Waals surface area contributed by atoms with Crippen molar-refractivity contribution < 1.29 is 4.74 Å². The molecule has 1 fully saturated rings. The van der Waals surface area contributed by atoms with Crippen LogP contribution < -0.4 is 0 Å². The van der Waals surface area contributed by atoms with E-state index in [-0.39, 0.29) is 0 Å². The van der Waals surface area contributed by atoms with E-state index in [1.165, 1.54) is 5.70 Å². The van der Waals surface area contributed by atoms with Crippen molar-refractivity contribution in [2.45, 2.75) is 48.5 Å². The van der Waals surface area contributed by atoms with Crippen LogP contribution in [-0.2, 0) is 4.74 Å². The van der Waals surface area contributed by atoms with Gasteiger partial charge in [0, 0.05) is 18.8 Å². The molecule has 0 bridgehead atoms. The van der Waals surface area contributed by atoms with Crippen molar-refractivity contribution in [2.75, 3.05) is 26.3 Å². The van der Waals surface area contributed by atoms with Crippen LogP contribution in [0, 0.1) is 5.92 Å². The predicted molar refractivity (Wildman–Crippen MR) is 82.8 cm³/mol. The zero-order valence-corrected chi connectivity index (χ0v) is 13.5. The summed E-state index contributed by atoms with van der Waals surface area (Å²) in [4.78, 5) is 2.37. The molecule has 1 aliphatic heterocycles. The highest BCUT2D eigenvalue weighted by atomic mass is 16.5. The molecule has 0 atom stereocenters. The topological polar surface area (TPSA) is 12.5 Å². The second kappa shape index (κ2) is 14.3. The van der Waals surface area contributed by atoms with Crippen molar-refractivity contribution in [1.82, 2.24) is 4.90 Å². The summed E-state index contributed by atoms with van der Waals surface area (Å²) >= 11 is 0. The van der Waals surface area contributed by atoms with Gasteiger partial charge in [-0.05, 0) is 18.9 Å². The maximum absolute atomic E-state index is 5.31. The zero-order chi connectivity index (χ0) is 14.4. The van der Waals surface area contributed by atoms with Crippen molar-refractivity contribution in [3.05, 3.63) is 23.9 Å². The molecule has 0 aromatic heterocycles. The summed E-state index contributed by atoms with van der Waals surface area (Å²) in [6.07, 6.45) is 6.55. The third kappa shape index (κ3) is 10.4. The van der Waals surface area contributed by atoms with Crippen LogP contribution in [0.2, 0.25) is 0 Å². The first-order chi connectivity index (χ1) is 8.70. The van der Waals surface area contributed by atoms with Gasteiger partial charge in [-0.25, -0.2) is 0 Å². The standard InChI is InChI=1S/C12H21NO.2C2H6/c1-11(2)5-4-6-12(3)13-7-9-14-10-8-13;2*1-2/h4-6,11H,7-10H2,1-3H3;2*1-2H3/b5-4-,12-6+;;. The molecular weight excluding hydrogens is 222 g/mol. The third-order valence-electron chi connectivity index (χ3n) is 2.34. The van der Waals surface area contributed by atoms with Gasteiger partial charge in [0.15, 0.2) is 0 Å². The Bertz CT molecular complexity index is 213. The number of hydrogen-bond donors (Lipinski definition) is 0. The van der Waals surface area contributed by atoms with E-state index in [9.17, 15) is 0 Å². The average Bonchev–Trinajstić information content (AvgIpc) is 2.44. The molecule has 0 N–H and O–H groups in total. The number of morpholine rings is 1. The Morgan fingerprint density at radius 2 is 1.56 bits per heavy atom. The molecule has 0 aliphatic carbocycles. The molecule has 0 saturated carbocycles. The van der Waals surface area contributed by atoms with Crippen LogP contribution in [0.25, 0.3) is 0 Å². The van der Waals surface area contributed by atoms with Gasteiger partial charge in [-0.15, -0.1) is 0 Å². The van der Waals surface area contributed by atoms with Crippen molar-refractivity contribution in [3.8, 4) is 0 Å². The van der Waals surface area contributed by atoms with Gasteiger partial charge in [-0.1, -0.05) is 53.7 Å². The molecule has 1 aliphatic rings. The molecule has 108 valence electrons.